The van der Waals surface area contributed by atoms with Crippen LogP contribution in [-0.4, -0.2) is 17.1 Å². The Labute approximate surface area is 85.2 Å². The summed E-state index contributed by atoms with van der Waals surface area (Å²) >= 11 is 0. The molecule has 1 aromatic rings. The van der Waals surface area contributed by atoms with Crippen molar-refractivity contribution < 1.29 is 5.11 Å². The maximum atomic E-state index is 9.82. The van der Waals surface area contributed by atoms with Gasteiger partial charge >= 0.3 is 0 Å². The van der Waals surface area contributed by atoms with Crippen molar-refractivity contribution in [2.24, 2.45) is 5.92 Å². The zero-order valence-corrected chi connectivity index (χ0v) is 8.99. The molecule has 0 aliphatic heterocycles. The highest BCUT2D eigenvalue weighted by Gasteiger charge is 2.10. The molecule has 0 fully saturated rings. The van der Waals surface area contributed by atoms with Crippen LogP contribution in [0.1, 0.15) is 32.1 Å². The van der Waals surface area contributed by atoms with Crippen molar-refractivity contribution in [3.8, 4) is 0 Å². The third-order valence-electron chi connectivity index (χ3n) is 2.11. The molecule has 14 heavy (non-hydrogen) atoms. The minimum atomic E-state index is -0.455. The predicted molar refractivity (Wildman–Crippen MR) is 58.2 cm³/mol. The Hall–Kier alpha value is -1.09. The van der Waals surface area contributed by atoms with Crippen LogP contribution in [0.15, 0.2) is 18.3 Å². The van der Waals surface area contributed by atoms with Crippen LogP contribution in [0.2, 0.25) is 0 Å². The lowest BCUT2D eigenvalue weighted by molar-refractivity contribution is 0.146. The van der Waals surface area contributed by atoms with E-state index in [0.29, 0.717) is 5.92 Å². The maximum Gasteiger partial charge on any atom is 0.0963 e. The number of rotatable bonds is 4. The molecular formula is C11H18N2O. The highest BCUT2D eigenvalue weighted by atomic mass is 16.3. The molecular weight excluding hydrogens is 176 g/mol. The number of nitrogens with zero attached hydrogens (tertiary/aromatic N) is 1. The molecule has 1 aromatic heterocycles. The highest BCUT2D eigenvalue weighted by molar-refractivity contribution is 5.42. The van der Waals surface area contributed by atoms with Gasteiger partial charge in [-0.05, 0) is 24.5 Å². The van der Waals surface area contributed by atoms with E-state index in [2.05, 4.69) is 24.1 Å². The summed E-state index contributed by atoms with van der Waals surface area (Å²) in [6.07, 6.45) is 2.01. The summed E-state index contributed by atoms with van der Waals surface area (Å²) in [4.78, 5) is 4.15. The summed E-state index contributed by atoms with van der Waals surface area (Å²) in [6.45, 7) is 4.18. The van der Waals surface area contributed by atoms with E-state index in [1.807, 2.05) is 19.2 Å². The molecule has 0 aliphatic rings. The minimum Gasteiger partial charge on any atom is -0.388 e. The van der Waals surface area contributed by atoms with Crippen molar-refractivity contribution in [2.45, 2.75) is 26.4 Å². The van der Waals surface area contributed by atoms with Crippen LogP contribution in [0.4, 0.5) is 5.69 Å². The number of aromatic nitrogens is 1. The fourth-order valence-electron chi connectivity index (χ4n) is 1.35. The summed E-state index contributed by atoms with van der Waals surface area (Å²) in [5.41, 5.74) is 1.73. The van der Waals surface area contributed by atoms with Crippen LogP contribution in [-0.2, 0) is 0 Å². The SMILES string of the molecule is CNc1ccnc(C(O)CC(C)C)c1. The molecule has 0 spiro atoms. The number of anilines is 1. The van der Waals surface area contributed by atoms with Crippen LogP contribution in [0, 0.1) is 5.92 Å². The molecule has 0 saturated heterocycles. The zero-order chi connectivity index (χ0) is 10.6. The van der Waals surface area contributed by atoms with Gasteiger partial charge in [-0.25, -0.2) is 0 Å². The average molecular weight is 194 g/mol. The van der Waals surface area contributed by atoms with E-state index in [9.17, 15) is 5.11 Å². The first kappa shape index (κ1) is 11.0. The van der Waals surface area contributed by atoms with Crippen molar-refractivity contribution in [1.29, 1.82) is 0 Å². The first-order chi connectivity index (χ1) is 6.63. The Morgan fingerprint density at radius 3 is 2.79 bits per heavy atom. The molecule has 0 aliphatic carbocycles. The normalized spacial score (nSPS) is 12.9. The number of hydrogen-bond donors (Lipinski definition) is 2. The Balaban J connectivity index is 2.73. The third-order valence-corrected chi connectivity index (χ3v) is 2.11. The lowest BCUT2D eigenvalue weighted by atomic mass is 10.0. The molecule has 0 bridgehead atoms. The lowest BCUT2D eigenvalue weighted by Gasteiger charge is -2.13. The van der Waals surface area contributed by atoms with E-state index >= 15 is 0 Å². The molecule has 1 unspecified atom stereocenters. The molecule has 0 aromatic carbocycles. The molecule has 0 saturated carbocycles. The van der Waals surface area contributed by atoms with Crippen molar-refractivity contribution in [3.63, 3.8) is 0 Å². The van der Waals surface area contributed by atoms with Crippen LogP contribution in [0.5, 0.6) is 0 Å². The second-order valence-electron chi connectivity index (χ2n) is 3.86. The van der Waals surface area contributed by atoms with E-state index in [1.54, 1.807) is 6.20 Å². The third kappa shape index (κ3) is 3.00. The van der Waals surface area contributed by atoms with E-state index < -0.39 is 6.10 Å². The molecule has 1 heterocycles. The maximum absolute atomic E-state index is 9.82. The van der Waals surface area contributed by atoms with Gasteiger partial charge in [0.05, 0.1) is 11.8 Å². The average Bonchev–Trinajstić information content (AvgIpc) is 2.17. The number of pyridine rings is 1. The van der Waals surface area contributed by atoms with Gasteiger partial charge in [0, 0.05) is 18.9 Å². The van der Waals surface area contributed by atoms with Crippen LogP contribution < -0.4 is 5.32 Å². The van der Waals surface area contributed by atoms with E-state index in [0.717, 1.165) is 17.8 Å². The van der Waals surface area contributed by atoms with E-state index in [1.165, 1.54) is 0 Å². The van der Waals surface area contributed by atoms with Gasteiger partial charge in [-0.15, -0.1) is 0 Å². The Bertz CT molecular complexity index is 286. The van der Waals surface area contributed by atoms with E-state index in [-0.39, 0.29) is 0 Å². The van der Waals surface area contributed by atoms with Crippen molar-refractivity contribution in [2.75, 3.05) is 12.4 Å². The number of aliphatic hydroxyl groups excluding tert-OH is 1. The molecule has 3 nitrogen and oxygen atoms in total. The second-order valence-corrected chi connectivity index (χ2v) is 3.86. The van der Waals surface area contributed by atoms with E-state index in [4.69, 9.17) is 0 Å². The number of nitrogens with one attached hydrogen (secondary N) is 1. The summed E-state index contributed by atoms with van der Waals surface area (Å²) in [5, 5.41) is 12.8. The van der Waals surface area contributed by atoms with Crippen LogP contribution >= 0.6 is 0 Å². The van der Waals surface area contributed by atoms with Gasteiger partial charge in [0.15, 0.2) is 0 Å². The van der Waals surface area contributed by atoms with Gasteiger partial charge < -0.3 is 10.4 Å². The van der Waals surface area contributed by atoms with Crippen LogP contribution in [0.25, 0.3) is 0 Å². The largest absolute Gasteiger partial charge is 0.388 e. The summed E-state index contributed by atoms with van der Waals surface area (Å²) < 4.78 is 0. The standard InChI is InChI=1S/C11H18N2O/c1-8(2)6-11(14)10-7-9(12-3)4-5-13-10/h4-5,7-8,11,14H,6H2,1-3H3,(H,12,13). The van der Waals surface area contributed by atoms with Crippen molar-refractivity contribution in [3.05, 3.63) is 24.0 Å². The van der Waals surface area contributed by atoms with Gasteiger partial charge in [-0.1, -0.05) is 13.8 Å². The summed E-state index contributed by atoms with van der Waals surface area (Å²) in [6, 6.07) is 3.76. The first-order valence-corrected chi connectivity index (χ1v) is 4.95. The van der Waals surface area contributed by atoms with Gasteiger partial charge in [-0.3, -0.25) is 4.98 Å². The fraction of sp³-hybridized carbons (Fsp3) is 0.545. The van der Waals surface area contributed by atoms with Gasteiger partial charge in [0.25, 0.3) is 0 Å². The molecule has 3 heteroatoms. The quantitative estimate of drug-likeness (QED) is 0.772. The second kappa shape index (κ2) is 4.96. The van der Waals surface area contributed by atoms with Crippen LogP contribution in [0.3, 0.4) is 0 Å². The zero-order valence-electron chi connectivity index (χ0n) is 8.99. The van der Waals surface area contributed by atoms with Crippen molar-refractivity contribution in [1.82, 2.24) is 4.98 Å². The van der Waals surface area contributed by atoms with Gasteiger partial charge in [0.1, 0.15) is 0 Å². The predicted octanol–water partition coefficient (Wildman–Crippen LogP) is 2.20. The summed E-state index contributed by atoms with van der Waals surface area (Å²) in [5.74, 6) is 0.477. The van der Waals surface area contributed by atoms with Gasteiger partial charge in [-0.2, -0.15) is 0 Å². The number of hydrogen-bond acceptors (Lipinski definition) is 3. The molecule has 1 rings (SSSR count). The highest BCUT2D eigenvalue weighted by Crippen LogP contribution is 2.20. The Morgan fingerprint density at radius 1 is 1.50 bits per heavy atom. The minimum absolute atomic E-state index is 0.455. The smallest absolute Gasteiger partial charge is 0.0963 e. The molecule has 2 N–H and O–H groups in total. The lowest BCUT2D eigenvalue weighted by Crippen LogP contribution is -2.04. The monoisotopic (exact) mass is 194 g/mol. The Kier molecular flexibility index (Phi) is 3.89. The Morgan fingerprint density at radius 2 is 2.21 bits per heavy atom. The van der Waals surface area contributed by atoms with Gasteiger partial charge in [0.2, 0.25) is 0 Å². The van der Waals surface area contributed by atoms with Crippen molar-refractivity contribution >= 4 is 5.69 Å². The summed E-state index contributed by atoms with van der Waals surface area (Å²) in [7, 11) is 1.86. The fourth-order valence-corrected chi connectivity index (χ4v) is 1.35. The first-order valence-electron chi connectivity index (χ1n) is 4.95. The molecule has 0 radical (unpaired) electrons. The topological polar surface area (TPSA) is 45.2 Å². The number of aliphatic hydroxyl groups is 1. The molecule has 78 valence electrons. The molecule has 1 atom stereocenters. The molecule has 0 amide bonds.